The molecule has 0 aromatic heterocycles. The Balaban J connectivity index is 2.66. The molecular formula is C23H32NOP. The van der Waals surface area contributed by atoms with Gasteiger partial charge in [0.25, 0.3) is 0 Å². The van der Waals surface area contributed by atoms with Crippen molar-refractivity contribution in [2.24, 2.45) is 4.99 Å². The highest BCUT2D eigenvalue weighted by Crippen LogP contribution is 2.51. The topological polar surface area (TPSA) is 32.6 Å². The van der Waals surface area contributed by atoms with Gasteiger partial charge in [0.15, 0.2) is 0 Å². The van der Waals surface area contributed by atoms with Crippen molar-refractivity contribution in [1.29, 1.82) is 0 Å². The van der Waals surface area contributed by atoms with Crippen molar-refractivity contribution in [2.75, 3.05) is 7.05 Å². The Morgan fingerprint density at radius 1 is 1.15 bits per heavy atom. The lowest BCUT2D eigenvalue weighted by molar-refractivity contribution is 0.442. The first-order valence-corrected chi connectivity index (χ1v) is 10.5. The maximum Gasteiger partial charge on any atom is 0.119 e. The van der Waals surface area contributed by atoms with Gasteiger partial charge in [-0.15, -0.1) is 0 Å². The van der Waals surface area contributed by atoms with Crippen LogP contribution < -0.4 is 5.30 Å². The van der Waals surface area contributed by atoms with Crippen molar-refractivity contribution >= 4 is 19.6 Å². The van der Waals surface area contributed by atoms with E-state index in [0.717, 1.165) is 30.5 Å². The molecule has 0 saturated heterocycles. The first-order valence-electron chi connectivity index (χ1n) is 9.50. The summed E-state index contributed by atoms with van der Waals surface area (Å²) in [4.78, 5) is 4.44. The summed E-state index contributed by atoms with van der Waals surface area (Å²) in [5.74, 6) is 0.425. The maximum absolute atomic E-state index is 10.7. The molecule has 0 radical (unpaired) electrons. The van der Waals surface area contributed by atoms with Gasteiger partial charge in [0.2, 0.25) is 0 Å². The van der Waals surface area contributed by atoms with E-state index in [1.54, 1.807) is 0 Å². The highest BCUT2D eigenvalue weighted by molar-refractivity contribution is 7.49. The van der Waals surface area contributed by atoms with E-state index >= 15 is 0 Å². The Morgan fingerprint density at radius 3 is 2.50 bits per heavy atom. The largest absolute Gasteiger partial charge is 0.508 e. The van der Waals surface area contributed by atoms with Crippen molar-refractivity contribution in [3.63, 3.8) is 0 Å². The van der Waals surface area contributed by atoms with Gasteiger partial charge in [-0.05, 0) is 50.5 Å². The SMILES string of the molecule is CCCC(CC)(Pc1c(C)cccc1C(C)=NC)c1cc(C)ccc1O. The summed E-state index contributed by atoms with van der Waals surface area (Å²) in [6.45, 7) is 10.9. The number of aliphatic imine (C=N–C) groups is 1. The molecule has 0 fully saturated rings. The van der Waals surface area contributed by atoms with Crippen LogP contribution in [-0.2, 0) is 5.16 Å². The number of benzene rings is 2. The molecule has 3 heteroatoms. The molecule has 2 aromatic rings. The summed E-state index contributed by atoms with van der Waals surface area (Å²) < 4.78 is 0. The normalized spacial score (nSPS) is 14.8. The number of phenolic OH excluding ortho intramolecular Hbond substituents is 1. The van der Waals surface area contributed by atoms with Gasteiger partial charge in [0.05, 0.1) is 0 Å². The molecule has 1 N–H and O–H groups in total. The van der Waals surface area contributed by atoms with Gasteiger partial charge in [-0.3, -0.25) is 4.99 Å². The van der Waals surface area contributed by atoms with Crippen LogP contribution in [-0.4, -0.2) is 17.9 Å². The van der Waals surface area contributed by atoms with Crippen LogP contribution in [0.2, 0.25) is 0 Å². The second-order valence-corrected chi connectivity index (χ2v) is 8.84. The van der Waals surface area contributed by atoms with Crippen LogP contribution in [0, 0.1) is 13.8 Å². The molecule has 0 heterocycles. The quantitative estimate of drug-likeness (QED) is 0.481. The molecule has 0 saturated carbocycles. The predicted molar refractivity (Wildman–Crippen MR) is 117 cm³/mol. The summed E-state index contributed by atoms with van der Waals surface area (Å²) >= 11 is 0. The fourth-order valence-corrected chi connectivity index (χ4v) is 5.72. The van der Waals surface area contributed by atoms with Gasteiger partial charge in [-0.25, -0.2) is 0 Å². The highest BCUT2D eigenvalue weighted by atomic mass is 31.1. The monoisotopic (exact) mass is 369 g/mol. The van der Waals surface area contributed by atoms with Crippen molar-refractivity contribution in [1.82, 2.24) is 0 Å². The third-order valence-corrected chi connectivity index (χ3v) is 7.58. The molecule has 2 unspecified atom stereocenters. The Labute approximate surface area is 160 Å². The van der Waals surface area contributed by atoms with E-state index in [1.807, 2.05) is 19.2 Å². The Bertz CT molecular complexity index is 797. The number of phenols is 1. The van der Waals surface area contributed by atoms with Crippen molar-refractivity contribution in [3.05, 3.63) is 58.7 Å². The molecule has 2 atom stereocenters. The van der Waals surface area contributed by atoms with E-state index in [9.17, 15) is 5.11 Å². The van der Waals surface area contributed by atoms with Crippen molar-refractivity contribution < 1.29 is 5.11 Å². The van der Waals surface area contributed by atoms with Crippen LogP contribution in [0.4, 0.5) is 0 Å². The van der Waals surface area contributed by atoms with Gasteiger partial charge in [-0.2, -0.15) is 0 Å². The van der Waals surface area contributed by atoms with E-state index in [2.05, 4.69) is 63.9 Å². The zero-order chi connectivity index (χ0) is 19.3. The van der Waals surface area contributed by atoms with E-state index in [0.29, 0.717) is 14.3 Å². The zero-order valence-corrected chi connectivity index (χ0v) is 18.0. The predicted octanol–water partition coefficient (Wildman–Crippen LogP) is 5.86. The van der Waals surface area contributed by atoms with E-state index in [-0.39, 0.29) is 5.16 Å². The molecule has 0 amide bonds. The first-order chi connectivity index (χ1) is 12.4. The van der Waals surface area contributed by atoms with Crippen LogP contribution in [0.1, 0.15) is 62.3 Å². The molecule has 26 heavy (non-hydrogen) atoms. The number of nitrogens with zero attached hydrogens (tertiary/aromatic N) is 1. The minimum Gasteiger partial charge on any atom is -0.508 e. The first kappa shape index (κ1) is 20.6. The van der Waals surface area contributed by atoms with Gasteiger partial charge < -0.3 is 5.11 Å². The number of hydrogen-bond acceptors (Lipinski definition) is 2. The molecular weight excluding hydrogens is 337 g/mol. The molecule has 0 spiro atoms. The second-order valence-electron chi connectivity index (χ2n) is 7.14. The van der Waals surface area contributed by atoms with Crippen LogP contribution in [0.25, 0.3) is 0 Å². The summed E-state index contributed by atoms with van der Waals surface area (Å²) in [6, 6.07) is 12.5. The fourth-order valence-electron chi connectivity index (χ4n) is 3.67. The van der Waals surface area contributed by atoms with Gasteiger partial charge in [-0.1, -0.05) is 64.7 Å². The number of aromatic hydroxyl groups is 1. The second kappa shape index (κ2) is 8.82. The number of aryl methyl sites for hydroxylation is 2. The third kappa shape index (κ3) is 4.18. The lowest BCUT2D eigenvalue weighted by Crippen LogP contribution is -2.26. The average molecular weight is 369 g/mol. The summed E-state index contributed by atoms with van der Waals surface area (Å²) in [5.41, 5.74) is 5.93. The number of rotatable bonds is 7. The Kier molecular flexibility index (Phi) is 7.01. The van der Waals surface area contributed by atoms with E-state index in [1.165, 1.54) is 22.0 Å². The van der Waals surface area contributed by atoms with E-state index < -0.39 is 0 Å². The molecule has 0 bridgehead atoms. The van der Waals surface area contributed by atoms with Crippen LogP contribution in [0.3, 0.4) is 0 Å². The van der Waals surface area contributed by atoms with Crippen LogP contribution in [0.15, 0.2) is 41.4 Å². The molecule has 2 nitrogen and oxygen atoms in total. The molecule has 0 aliphatic heterocycles. The zero-order valence-electron chi connectivity index (χ0n) is 17.0. The smallest absolute Gasteiger partial charge is 0.119 e. The van der Waals surface area contributed by atoms with Crippen molar-refractivity contribution in [2.45, 2.75) is 59.0 Å². The lowest BCUT2D eigenvalue weighted by atomic mass is 9.89. The molecule has 0 aliphatic carbocycles. The number of hydrogen-bond donors (Lipinski definition) is 1. The summed E-state index contributed by atoms with van der Waals surface area (Å²) in [7, 11) is 2.45. The van der Waals surface area contributed by atoms with Crippen LogP contribution in [0.5, 0.6) is 5.75 Å². The van der Waals surface area contributed by atoms with E-state index in [4.69, 9.17) is 0 Å². The minimum absolute atomic E-state index is 0.0419. The van der Waals surface area contributed by atoms with Gasteiger partial charge in [0, 0.05) is 29.0 Å². The van der Waals surface area contributed by atoms with Crippen molar-refractivity contribution in [3.8, 4) is 5.75 Å². The summed E-state index contributed by atoms with van der Waals surface area (Å²) in [5, 5.41) is 12.0. The van der Waals surface area contributed by atoms with Gasteiger partial charge >= 0.3 is 0 Å². The molecule has 0 aliphatic rings. The summed E-state index contributed by atoms with van der Waals surface area (Å²) in [6.07, 6.45) is 3.16. The Hall–Kier alpha value is -1.66. The van der Waals surface area contributed by atoms with Crippen LogP contribution >= 0.6 is 8.58 Å². The lowest BCUT2D eigenvalue weighted by Gasteiger charge is -2.35. The highest BCUT2D eigenvalue weighted by Gasteiger charge is 2.33. The fraction of sp³-hybridized carbons (Fsp3) is 0.435. The average Bonchev–Trinajstić information content (AvgIpc) is 2.64. The maximum atomic E-state index is 10.7. The minimum atomic E-state index is -0.0419. The van der Waals surface area contributed by atoms with Gasteiger partial charge in [0.1, 0.15) is 5.75 Å². The standard InChI is InChI=1S/C23H32NOP/c1-7-14-23(8-2,20-15-16(3)12-13-21(20)25)26-22-17(4)10-9-11-19(22)18(5)24-6/h9-13,15,25-26H,7-8,14H2,1-6H3. The molecule has 2 aromatic carbocycles. The molecule has 140 valence electrons. The third-order valence-electron chi connectivity index (χ3n) is 5.31. The molecule has 2 rings (SSSR count). The Morgan fingerprint density at radius 2 is 1.88 bits per heavy atom.